The quantitative estimate of drug-likeness (QED) is 0.261. The molecular formula is C33H24N2O. The largest absolute Gasteiger partial charge is 0.455 e. The van der Waals surface area contributed by atoms with Gasteiger partial charge in [-0.25, -0.2) is 4.98 Å². The molecule has 0 N–H and O–H groups in total. The summed E-state index contributed by atoms with van der Waals surface area (Å²) in [7, 11) is 0. The highest BCUT2D eigenvalue weighted by molar-refractivity contribution is 6.10. The van der Waals surface area contributed by atoms with Crippen LogP contribution < -0.4 is 0 Å². The van der Waals surface area contributed by atoms with Gasteiger partial charge in [0.05, 0.1) is 16.6 Å². The Morgan fingerprint density at radius 3 is 2.25 bits per heavy atom. The fourth-order valence-corrected chi connectivity index (χ4v) is 5.44. The van der Waals surface area contributed by atoms with Gasteiger partial charge in [0.15, 0.2) is 0 Å². The second kappa shape index (κ2) is 7.96. The second-order valence-electron chi connectivity index (χ2n) is 9.36. The van der Waals surface area contributed by atoms with E-state index in [0.717, 1.165) is 50.0 Å². The molecule has 0 aliphatic rings. The highest BCUT2D eigenvalue weighted by Crippen LogP contribution is 2.39. The van der Waals surface area contributed by atoms with Crippen LogP contribution in [0.2, 0.25) is 0 Å². The van der Waals surface area contributed by atoms with Gasteiger partial charge in [-0.15, -0.1) is 0 Å². The van der Waals surface area contributed by atoms with Crippen molar-refractivity contribution in [3.8, 4) is 28.2 Å². The predicted octanol–water partition coefficient (Wildman–Crippen LogP) is 8.88. The number of aryl methyl sites for hydroxylation is 2. The molecule has 5 aromatic carbocycles. The molecule has 2 aromatic heterocycles. The van der Waals surface area contributed by atoms with E-state index in [4.69, 9.17) is 9.40 Å². The molecule has 7 rings (SSSR count). The molecule has 3 heteroatoms. The first-order valence-electron chi connectivity index (χ1n) is 12.2. The first-order chi connectivity index (χ1) is 17.7. The fourth-order valence-electron chi connectivity index (χ4n) is 5.44. The highest BCUT2D eigenvalue weighted by Gasteiger charge is 2.19. The summed E-state index contributed by atoms with van der Waals surface area (Å²) in [5, 5.41) is 2.21. The normalized spacial score (nSPS) is 11.6. The van der Waals surface area contributed by atoms with Crippen molar-refractivity contribution in [1.29, 1.82) is 0 Å². The number of para-hydroxylation sites is 4. The van der Waals surface area contributed by atoms with Gasteiger partial charge in [-0.1, -0.05) is 66.7 Å². The lowest BCUT2D eigenvalue weighted by Gasteiger charge is -2.09. The molecule has 2 heterocycles. The molecule has 172 valence electrons. The van der Waals surface area contributed by atoms with Gasteiger partial charge >= 0.3 is 0 Å². The molecule has 36 heavy (non-hydrogen) atoms. The van der Waals surface area contributed by atoms with Crippen LogP contribution in [0.4, 0.5) is 0 Å². The van der Waals surface area contributed by atoms with E-state index < -0.39 is 0 Å². The van der Waals surface area contributed by atoms with Gasteiger partial charge < -0.3 is 4.42 Å². The SMILES string of the molecule is Cc1cccc(C)c1-c1ccc2c(c1)oc1c(-c3nc4ccccc4n3-c3ccccc3)cccc12. The lowest BCUT2D eigenvalue weighted by Crippen LogP contribution is -1.97. The minimum atomic E-state index is 0.860. The van der Waals surface area contributed by atoms with Crippen LogP contribution in [0.1, 0.15) is 11.1 Å². The molecule has 0 bridgehead atoms. The summed E-state index contributed by atoms with van der Waals surface area (Å²) in [5.41, 5.74) is 10.8. The van der Waals surface area contributed by atoms with E-state index in [2.05, 4.69) is 115 Å². The van der Waals surface area contributed by atoms with Crippen LogP contribution in [0.5, 0.6) is 0 Å². The number of rotatable bonds is 3. The van der Waals surface area contributed by atoms with Crippen molar-refractivity contribution in [2.75, 3.05) is 0 Å². The molecule has 0 fully saturated rings. The molecule has 0 saturated carbocycles. The molecule has 0 aliphatic carbocycles. The average Bonchev–Trinajstić information content (AvgIpc) is 3.47. The van der Waals surface area contributed by atoms with Crippen molar-refractivity contribution in [1.82, 2.24) is 9.55 Å². The summed E-state index contributed by atoms with van der Waals surface area (Å²) in [5.74, 6) is 0.877. The Morgan fingerprint density at radius 2 is 1.42 bits per heavy atom. The lowest BCUT2D eigenvalue weighted by atomic mass is 9.95. The number of hydrogen-bond acceptors (Lipinski definition) is 2. The number of nitrogens with zero attached hydrogens (tertiary/aromatic N) is 2. The molecule has 0 amide bonds. The molecule has 0 atom stereocenters. The fraction of sp³-hybridized carbons (Fsp3) is 0.0606. The summed E-state index contributed by atoms with van der Waals surface area (Å²) in [6.07, 6.45) is 0. The van der Waals surface area contributed by atoms with Gasteiger partial charge in [0.2, 0.25) is 0 Å². The average molecular weight is 465 g/mol. The third-order valence-corrected chi connectivity index (χ3v) is 7.08. The maximum absolute atomic E-state index is 6.61. The van der Waals surface area contributed by atoms with E-state index >= 15 is 0 Å². The first-order valence-corrected chi connectivity index (χ1v) is 12.2. The van der Waals surface area contributed by atoms with E-state index in [1.807, 2.05) is 12.1 Å². The molecule has 0 unspecified atom stereocenters. The molecule has 0 aliphatic heterocycles. The van der Waals surface area contributed by atoms with Crippen LogP contribution in [0.15, 0.2) is 114 Å². The van der Waals surface area contributed by atoms with E-state index in [1.54, 1.807) is 0 Å². The van der Waals surface area contributed by atoms with Crippen molar-refractivity contribution < 1.29 is 4.42 Å². The van der Waals surface area contributed by atoms with Crippen molar-refractivity contribution in [2.45, 2.75) is 13.8 Å². The smallest absolute Gasteiger partial charge is 0.149 e. The number of imidazole rings is 1. The number of aromatic nitrogens is 2. The topological polar surface area (TPSA) is 31.0 Å². The van der Waals surface area contributed by atoms with Crippen molar-refractivity contribution in [3.05, 3.63) is 120 Å². The maximum Gasteiger partial charge on any atom is 0.149 e. The molecule has 0 saturated heterocycles. The van der Waals surface area contributed by atoms with Crippen LogP contribution in [0, 0.1) is 13.8 Å². The van der Waals surface area contributed by atoms with Crippen LogP contribution in [-0.2, 0) is 0 Å². The van der Waals surface area contributed by atoms with Gasteiger partial charge in [0.1, 0.15) is 17.0 Å². The minimum absolute atomic E-state index is 0.860. The summed E-state index contributed by atoms with van der Waals surface area (Å²) >= 11 is 0. The second-order valence-corrected chi connectivity index (χ2v) is 9.36. The molecule has 0 radical (unpaired) electrons. The monoisotopic (exact) mass is 464 g/mol. The van der Waals surface area contributed by atoms with Gasteiger partial charge in [0.25, 0.3) is 0 Å². The van der Waals surface area contributed by atoms with Gasteiger partial charge in [-0.3, -0.25) is 4.57 Å². The Balaban J connectivity index is 1.50. The summed E-state index contributed by atoms with van der Waals surface area (Å²) in [6.45, 7) is 4.33. The Morgan fingerprint density at radius 1 is 0.667 bits per heavy atom. The van der Waals surface area contributed by atoms with Crippen molar-refractivity contribution >= 4 is 33.0 Å². The summed E-state index contributed by atoms with van der Waals surface area (Å²) < 4.78 is 8.84. The first kappa shape index (κ1) is 20.7. The Bertz CT molecular complexity index is 1890. The predicted molar refractivity (Wildman–Crippen MR) is 149 cm³/mol. The van der Waals surface area contributed by atoms with Crippen LogP contribution >= 0.6 is 0 Å². The van der Waals surface area contributed by atoms with Crippen LogP contribution in [0.25, 0.3) is 61.2 Å². The molecular weight excluding hydrogens is 440 g/mol. The zero-order chi connectivity index (χ0) is 24.2. The standard InChI is InChI=1S/C33H24N2O/c1-21-10-8-11-22(2)31(21)23-18-19-25-26-14-9-15-27(32(26)36-30(25)20-23)33-34-28-16-6-7-17-29(28)35(33)24-12-4-3-5-13-24/h3-20H,1-2H3. The Kier molecular flexibility index (Phi) is 4.58. The van der Waals surface area contributed by atoms with E-state index in [1.165, 1.54) is 22.3 Å². The third-order valence-electron chi connectivity index (χ3n) is 7.08. The zero-order valence-electron chi connectivity index (χ0n) is 20.2. The molecule has 3 nitrogen and oxygen atoms in total. The number of benzene rings is 5. The zero-order valence-corrected chi connectivity index (χ0v) is 20.2. The van der Waals surface area contributed by atoms with E-state index in [0.29, 0.717) is 0 Å². The van der Waals surface area contributed by atoms with Crippen LogP contribution in [0.3, 0.4) is 0 Å². The lowest BCUT2D eigenvalue weighted by molar-refractivity contribution is 0.669. The Hall–Kier alpha value is -4.63. The van der Waals surface area contributed by atoms with Gasteiger partial charge in [-0.05, 0) is 78.6 Å². The van der Waals surface area contributed by atoms with E-state index in [-0.39, 0.29) is 0 Å². The highest BCUT2D eigenvalue weighted by atomic mass is 16.3. The summed E-state index contributed by atoms with van der Waals surface area (Å²) in [4.78, 5) is 5.07. The maximum atomic E-state index is 6.61. The van der Waals surface area contributed by atoms with E-state index in [9.17, 15) is 0 Å². The molecule has 0 spiro atoms. The van der Waals surface area contributed by atoms with Crippen molar-refractivity contribution in [2.24, 2.45) is 0 Å². The van der Waals surface area contributed by atoms with Crippen molar-refractivity contribution in [3.63, 3.8) is 0 Å². The van der Waals surface area contributed by atoms with Gasteiger partial charge in [0, 0.05) is 16.5 Å². The number of hydrogen-bond donors (Lipinski definition) is 0. The van der Waals surface area contributed by atoms with Gasteiger partial charge in [-0.2, -0.15) is 0 Å². The molecule has 7 aromatic rings. The minimum Gasteiger partial charge on any atom is -0.455 e. The number of fused-ring (bicyclic) bond motifs is 4. The third kappa shape index (κ3) is 3.10. The number of furan rings is 1. The Labute approximate surface area is 209 Å². The summed E-state index contributed by atoms with van der Waals surface area (Å²) in [6, 6.07) is 38.0. The van der Waals surface area contributed by atoms with Crippen LogP contribution in [-0.4, -0.2) is 9.55 Å².